The summed E-state index contributed by atoms with van der Waals surface area (Å²) in [6, 6.07) is 3.57. The third-order valence-corrected chi connectivity index (χ3v) is 8.68. The molecule has 0 spiro atoms. The van der Waals surface area contributed by atoms with Gasteiger partial charge in [0.15, 0.2) is 5.16 Å². The highest BCUT2D eigenvalue weighted by Gasteiger charge is 2.22. The Morgan fingerprint density at radius 1 is 1.12 bits per heavy atom. The number of thioether (sulfide) groups is 1. The Bertz CT molecular complexity index is 1610. The maximum Gasteiger partial charge on any atom is 0.263 e. The lowest BCUT2D eigenvalue weighted by molar-refractivity contribution is 0.518. The van der Waals surface area contributed by atoms with E-state index in [0.717, 1.165) is 20.8 Å². The first kappa shape index (κ1) is 22.1. The lowest BCUT2D eigenvalue weighted by Crippen LogP contribution is -2.25. The minimum absolute atomic E-state index is 0.0233. The number of nitrogens with one attached hydrogen (secondary N) is 1. The van der Waals surface area contributed by atoms with Gasteiger partial charge in [0, 0.05) is 21.9 Å². The molecular formula is C23H22N4O3S3. The van der Waals surface area contributed by atoms with E-state index in [2.05, 4.69) is 4.98 Å². The van der Waals surface area contributed by atoms with E-state index in [0.29, 0.717) is 32.3 Å². The van der Waals surface area contributed by atoms with E-state index in [9.17, 15) is 9.59 Å². The number of H-pyrrole nitrogens is 1. The molecule has 7 nitrogen and oxygen atoms in total. The highest BCUT2D eigenvalue weighted by Crippen LogP contribution is 2.37. The van der Waals surface area contributed by atoms with Gasteiger partial charge >= 0.3 is 0 Å². The summed E-state index contributed by atoms with van der Waals surface area (Å²) in [5.74, 6) is 1.19. The molecule has 170 valence electrons. The van der Waals surface area contributed by atoms with Gasteiger partial charge in [-0.1, -0.05) is 11.8 Å². The molecule has 1 N–H and O–H groups in total. The molecule has 0 radical (unpaired) electrons. The van der Waals surface area contributed by atoms with Crippen LogP contribution >= 0.6 is 34.4 Å². The number of thiophene rings is 2. The zero-order chi connectivity index (χ0) is 23.4. The Hall–Kier alpha value is -2.69. The molecule has 0 fully saturated rings. The summed E-state index contributed by atoms with van der Waals surface area (Å²) in [6.45, 7) is 9.90. The minimum atomic E-state index is -0.215. The van der Waals surface area contributed by atoms with Crippen LogP contribution in [0.2, 0.25) is 0 Å². The monoisotopic (exact) mass is 498 g/mol. The van der Waals surface area contributed by atoms with Crippen LogP contribution < -0.4 is 11.1 Å². The normalized spacial score (nSPS) is 12.9. The van der Waals surface area contributed by atoms with E-state index in [1.165, 1.54) is 34.4 Å². The minimum Gasteiger partial charge on any atom is -0.464 e. The first-order valence-electron chi connectivity index (χ1n) is 10.5. The molecular weight excluding hydrogens is 476 g/mol. The van der Waals surface area contributed by atoms with Crippen LogP contribution in [0.15, 0.2) is 42.9 Å². The summed E-state index contributed by atoms with van der Waals surface area (Å²) in [5.41, 5.74) is 1.51. The smallest absolute Gasteiger partial charge is 0.263 e. The quantitative estimate of drug-likeness (QED) is 0.234. The molecule has 10 heteroatoms. The van der Waals surface area contributed by atoms with Gasteiger partial charge in [-0.3, -0.25) is 14.2 Å². The Morgan fingerprint density at radius 2 is 1.91 bits per heavy atom. The summed E-state index contributed by atoms with van der Waals surface area (Å²) >= 11 is 4.38. The maximum absolute atomic E-state index is 13.3. The van der Waals surface area contributed by atoms with E-state index >= 15 is 0 Å². The zero-order valence-electron chi connectivity index (χ0n) is 18.8. The fourth-order valence-electron chi connectivity index (χ4n) is 3.81. The molecule has 0 saturated carbocycles. The molecule has 1 atom stereocenters. The topological polar surface area (TPSA) is 93.8 Å². The van der Waals surface area contributed by atoms with Gasteiger partial charge in [-0.2, -0.15) is 0 Å². The number of rotatable bonds is 5. The molecule has 5 rings (SSSR count). The Labute approximate surface area is 201 Å². The standard InChI is InChI=1S/C23H22N4O3S3/c1-10(2)27-22(29)16-11(3)12(4)32-21(16)26-23(27)33-13(5)18-24-19(28)17-14(9-31-20(17)25-18)15-7-6-8-30-15/h6-10,13H,1-5H3,(H,24,25,28). The molecule has 0 aliphatic rings. The first-order chi connectivity index (χ1) is 15.8. The van der Waals surface area contributed by atoms with Crippen molar-refractivity contribution in [1.82, 2.24) is 19.5 Å². The summed E-state index contributed by atoms with van der Waals surface area (Å²) in [4.78, 5) is 41.3. The highest BCUT2D eigenvalue weighted by atomic mass is 32.2. The van der Waals surface area contributed by atoms with Crippen LogP contribution in [0.5, 0.6) is 0 Å². The molecule has 1 unspecified atom stereocenters. The van der Waals surface area contributed by atoms with E-state index in [1.807, 2.05) is 46.1 Å². The molecule has 33 heavy (non-hydrogen) atoms. The van der Waals surface area contributed by atoms with Crippen molar-refractivity contribution in [2.45, 2.75) is 51.1 Å². The second-order valence-corrected chi connectivity index (χ2v) is 11.5. The molecule has 5 aromatic heterocycles. The van der Waals surface area contributed by atoms with Gasteiger partial charge in [0.1, 0.15) is 21.2 Å². The molecule has 0 saturated heterocycles. The average molecular weight is 499 g/mol. The van der Waals surface area contributed by atoms with E-state index in [-0.39, 0.29) is 22.4 Å². The molecule has 5 aromatic rings. The van der Waals surface area contributed by atoms with Gasteiger partial charge in [0.05, 0.1) is 22.3 Å². The zero-order valence-corrected chi connectivity index (χ0v) is 21.2. The Kier molecular flexibility index (Phi) is 5.54. The number of hydrogen-bond acceptors (Lipinski definition) is 8. The largest absolute Gasteiger partial charge is 0.464 e. The molecule has 0 aliphatic heterocycles. The Balaban J connectivity index is 1.57. The second kappa shape index (κ2) is 8.27. The van der Waals surface area contributed by atoms with Crippen LogP contribution in [0, 0.1) is 13.8 Å². The summed E-state index contributed by atoms with van der Waals surface area (Å²) < 4.78 is 7.21. The van der Waals surface area contributed by atoms with E-state index in [1.54, 1.807) is 16.9 Å². The van der Waals surface area contributed by atoms with Crippen LogP contribution in [0.3, 0.4) is 0 Å². The van der Waals surface area contributed by atoms with Gasteiger partial charge in [0.2, 0.25) is 0 Å². The van der Waals surface area contributed by atoms with Gasteiger partial charge in [-0.25, -0.2) is 9.97 Å². The molecule has 5 heterocycles. The van der Waals surface area contributed by atoms with Crippen LogP contribution in [0.1, 0.15) is 48.3 Å². The fraction of sp³-hybridized carbons (Fsp3) is 0.304. The highest BCUT2D eigenvalue weighted by molar-refractivity contribution is 7.99. The lowest BCUT2D eigenvalue weighted by atomic mass is 10.2. The third-order valence-electron chi connectivity index (χ3n) is 5.64. The van der Waals surface area contributed by atoms with Crippen molar-refractivity contribution in [3.63, 3.8) is 0 Å². The second-order valence-electron chi connectivity index (χ2n) is 8.14. The van der Waals surface area contributed by atoms with Crippen molar-refractivity contribution in [1.29, 1.82) is 0 Å². The van der Waals surface area contributed by atoms with E-state index < -0.39 is 0 Å². The third kappa shape index (κ3) is 3.66. The molecule has 0 amide bonds. The maximum atomic E-state index is 13.3. The van der Waals surface area contributed by atoms with Crippen molar-refractivity contribution < 1.29 is 4.42 Å². The fourth-order valence-corrected chi connectivity index (χ4v) is 6.91. The van der Waals surface area contributed by atoms with Crippen LogP contribution in [-0.2, 0) is 0 Å². The predicted molar refractivity (Wildman–Crippen MR) is 136 cm³/mol. The first-order valence-corrected chi connectivity index (χ1v) is 13.1. The summed E-state index contributed by atoms with van der Waals surface area (Å²) in [5, 5.41) is 3.52. The van der Waals surface area contributed by atoms with Gasteiger partial charge in [-0.05, 0) is 52.3 Å². The number of hydrogen-bond donors (Lipinski definition) is 1. The number of fused-ring (bicyclic) bond motifs is 2. The van der Waals surface area contributed by atoms with Crippen LogP contribution in [0.25, 0.3) is 31.8 Å². The number of furan rings is 1. The number of aromatic amines is 1. The van der Waals surface area contributed by atoms with Crippen LogP contribution in [-0.4, -0.2) is 19.5 Å². The average Bonchev–Trinajstić information content (AvgIpc) is 3.47. The number of aryl methyl sites for hydroxylation is 2. The molecule has 0 aromatic carbocycles. The van der Waals surface area contributed by atoms with E-state index in [4.69, 9.17) is 14.4 Å². The van der Waals surface area contributed by atoms with Gasteiger partial charge in [0.25, 0.3) is 11.1 Å². The van der Waals surface area contributed by atoms with Gasteiger partial charge < -0.3 is 9.40 Å². The number of aromatic nitrogens is 4. The lowest BCUT2D eigenvalue weighted by Gasteiger charge is -2.17. The van der Waals surface area contributed by atoms with Gasteiger partial charge in [-0.15, -0.1) is 22.7 Å². The van der Waals surface area contributed by atoms with Crippen molar-refractivity contribution in [3.8, 4) is 11.3 Å². The molecule has 0 aliphatic carbocycles. The SMILES string of the molecule is Cc1sc2nc(SC(C)c3nc4scc(-c5ccco5)c4c(=O)[nH]3)n(C(C)C)c(=O)c2c1C. The summed E-state index contributed by atoms with van der Waals surface area (Å²) in [7, 11) is 0. The van der Waals surface area contributed by atoms with Crippen LogP contribution in [0.4, 0.5) is 0 Å². The van der Waals surface area contributed by atoms with Crippen molar-refractivity contribution in [2.75, 3.05) is 0 Å². The summed E-state index contributed by atoms with van der Waals surface area (Å²) in [6.07, 6.45) is 1.59. The molecule has 0 bridgehead atoms. The van der Waals surface area contributed by atoms with Crippen molar-refractivity contribution in [3.05, 3.63) is 60.7 Å². The van der Waals surface area contributed by atoms with Crippen molar-refractivity contribution >= 4 is 54.9 Å². The van der Waals surface area contributed by atoms with Crippen molar-refractivity contribution in [2.24, 2.45) is 0 Å². The Morgan fingerprint density at radius 3 is 2.61 bits per heavy atom. The predicted octanol–water partition coefficient (Wildman–Crippen LogP) is 6.07. The number of nitrogens with zero attached hydrogens (tertiary/aromatic N) is 3.